The van der Waals surface area contributed by atoms with Crippen LogP contribution in [-0.4, -0.2) is 5.78 Å². The fourth-order valence-electron chi connectivity index (χ4n) is 1.95. The highest BCUT2D eigenvalue weighted by Crippen LogP contribution is 2.21. The van der Waals surface area contributed by atoms with Crippen LogP contribution in [0.3, 0.4) is 0 Å². The van der Waals surface area contributed by atoms with Gasteiger partial charge < -0.3 is 0 Å². The first-order valence-corrected chi connectivity index (χ1v) is 6.42. The van der Waals surface area contributed by atoms with Crippen LogP contribution in [0.15, 0.2) is 54.6 Å². The fourth-order valence-corrected chi connectivity index (χ4v) is 1.95. The van der Waals surface area contributed by atoms with E-state index in [2.05, 4.69) is 12.1 Å². The highest BCUT2D eigenvalue weighted by atomic mass is 16.1. The van der Waals surface area contributed by atoms with Crippen molar-refractivity contribution in [3.8, 4) is 11.1 Å². The van der Waals surface area contributed by atoms with Gasteiger partial charge in [-0.25, -0.2) is 0 Å². The second kappa shape index (κ2) is 5.63. The Hall–Kier alpha value is -1.89. The first-order valence-electron chi connectivity index (χ1n) is 6.42. The highest BCUT2D eigenvalue weighted by molar-refractivity contribution is 5.98. The average Bonchev–Trinajstić information content (AvgIpc) is 2.46. The van der Waals surface area contributed by atoms with Crippen molar-refractivity contribution in [2.24, 2.45) is 5.92 Å². The molecule has 0 aliphatic rings. The topological polar surface area (TPSA) is 17.1 Å². The lowest BCUT2D eigenvalue weighted by atomic mass is 9.94. The third kappa shape index (κ3) is 2.67. The molecule has 1 nitrogen and oxygen atoms in total. The molecule has 0 fully saturated rings. The first kappa shape index (κ1) is 12.6. The number of benzene rings is 2. The zero-order valence-corrected chi connectivity index (χ0v) is 10.9. The van der Waals surface area contributed by atoms with Crippen molar-refractivity contribution in [1.82, 2.24) is 0 Å². The lowest BCUT2D eigenvalue weighted by Gasteiger charge is -2.09. The Labute approximate surface area is 108 Å². The maximum atomic E-state index is 12.2. The average molecular weight is 238 g/mol. The molecule has 0 saturated carbocycles. The van der Waals surface area contributed by atoms with Gasteiger partial charge in [0, 0.05) is 11.5 Å². The van der Waals surface area contributed by atoms with E-state index < -0.39 is 0 Å². The quantitative estimate of drug-likeness (QED) is 0.712. The number of Topliss-reactive ketones (excluding diaryl/α,β-unsaturated/α-hetero) is 1. The largest absolute Gasteiger partial charge is 0.294 e. The van der Waals surface area contributed by atoms with Gasteiger partial charge in [0.15, 0.2) is 5.78 Å². The van der Waals surface area contributed by atoms with Crippen LogP contribution in [0.25, 0.3) is 11.1 Å². The Morgan fingerprint density at radius 1 is 1.00 bits per heavy atom. The summed E-state index contributed by atoms with van der Waals surface area (Å²) < 4.78 is 0. The second-order valence-electron chi connectivity index (χ2n) is 4.62. The van der Waals surface area contributed by atoms with Gasteiger partial charge in [-0.1, -0.05) is 62.4 Å². The van der Waals surface area contributed by atoms with Gasteiger partial charge in [-0.15, -0.1) is 0 Å². The maximum Gasteiger partial charge on any atom is 0.165 e. The fraction of sp³-hybridized carbons (Fsp3) is 0.235. The molecule has 1 atom stereocenters. The summed E-state index contributed by atoms with van der Waals surface area (Å²) in [5.41, 5.74) is 3.06. The van der Waals surface area contributed by atoms with Gasteiger partial charge in [0.05, 0.1) is 0 Å². The Bertz CT molecular complexity index is 528. The summed E-state index contributed by atoms with van der Waals surface area (Å²) in [6, 6.07) is 18.0. The number of rotatable bonds is 4. The van der Waals surface area contributed by atoms with E-state index >= 15 is 0 Å². The van der Waals surface area contributed by atoms with Crippen LogP contribution in [0.1, 0.15) is 30.6 Å². The zero-order valence-electron chi connectivity index (χ0n) is 10.9. The minimum atomic E-state index is 0.0935. The van der Waals surface area contributed by atoms with E-state index in [0.717, 1.165) is 23.1 Å². The van der Waals surface area contributed by atoms with Crippen LogP contribution < -0.4 is 0 Å². The molecule has 0 heterocycles. The number of ketones is 1. The zero-order chi connectivity index (χ0) is 13.0. The molecule has 0 spiro atoms. The van der Waals surface area contributed by atoms with E-state index in [1.807, 2.05) is 56.3 Å². The van der Waals surface area contributed by atoms with E-state index in [1.54, 1.807) is 0 Å². The summed E-state index contributed by atoms with van der Waals surface area (Å²) in [6.45, 7) is 4.03. The van der Waals surface area contributed by atoms with E-state index in [0.29, 0.717) is 0 Å². The SMILES string of the molecule is CCC(C)C(=O)c1cccc(-c2ccccc2)c1. The Kier molecular flexibility index (Phi) is 3.93. The van der Waals surface area contributed by atoms with Gasteiger partial charge in [0.1, 0.15) is 0 Å². The van der Waals surface area contributed by atoms with Gasteiger partial charge in [-0.3, -0.25) is 4.79 Å². The monoisotopic (exact) mass is 238 g/mol. The molecular weight excluding hydrogens is 220 g/mol. The molecule has 0 N–H and O–H groups in total. The van der Waals surface area contributed by atoms with Crippen molar-refractivity contribution in [3.05, 3.63) is 60.2 Å². The molecule has 1 unspecified atom stereocenters. The highest BCUT2D eigenvalue weighted by Gasteiger charge is 2.13. The van der Waals surface area contributed by atoms with Crippen LogP contribution in [0.5, 0.6) is 0 Å². The van der Waals surface area contributed by atoms with Gasteiger partial charge in [0.25, 0.3) is 0 Å². The van der Waals surface area contributed by atoms with Crippen molar-refractivity contribution in [2.45, 2.75) is 20.3 Å². The minimum Gasteiger partial charge on any atom is -0.294 e. The van der Waals surface area contributed by atoms with E-state index in [4.69, 9.17) is 0 Å². The lowest BCUT2D eigenvalue weighted by molar-refractivity contribution is 0.0927. The maximum absolute atomic E-state index is 12.2. The molecular formula is C17H18O. The summed E-state index contributed by atoms with van der Waals surface area (Å²) in [6.07, 6.45) is 0.883. The smallest absolute Gasteiger partial charge is 0.165 e. The molecule has 0 radical (unpaired) electrons. The molecule has 0 bridgehead atoms. The van der Waals surface area contributed by atoms with E-state index in [1.165, 1.54) is 0 Å². The van der Waals surface area contributed by atoms with E-state index in [9.17, 15) is 4.79 Å². The van der Waals surface area contributed by atoms with Crippen LogP contribution in [0, 0.1) is 5.92 Å². The Morgan fingerprint density at radius 2 is 1.67 bits per heavy atom. The standard InChI is InChI=1S/C17H18O/c1-3-13(2)17(18)16-11-7-10-15(12-16)14-8-5-4-6-9-14/h4-13H,3H2,1-2H3. The normalized spacial score (nSPS) is 12.1. The second-order valence-corrected chi connectivity index (χ2v) is 4.62. The first-order chi connectivity index (χ1) is 8.72. The molecule has 0 saturated heterocycles. The van der Waals surface area contributed by atoms with E-state index in [-0.39, 0.29) is 11.7 Å². The molecule has 2 aromatic rings. The van der Waals surface area contributed by atoms with Gasteiger partial charge >= 0.3 is 0 Å². The third-order valence-corrected chi connectivity index (χ3v) is 3.31. The van der Waals surface area contributed by atoms with Crippen molar-refractivity contribution in [1.29, 1.82) is 0 Å². The summed E-state index contributed by atoms with van der Waals surface area (Å²) in [5.74, 6) is 0.325. The molecule has 2 rings (SSSR count). The molecule has 0 aliphatic heterocycles. The van der Waals surface area contributed by atoms with Crippen molar-refractivity contribution in [2.75, 3.05) is 0 Å². The molecule has 0 aliphatic carbocycles. The molecule has 0 amide bonds. The predicted octanol–water partition coefficient (Wildman–Crippen LogP) is 4.58. The summed E-state index contributed by atoms with van der Waals surface area (Å²) in [7, 11) is 0. The summed E-state index contributed by atoms with van der Waals surface area (Å²) >= 11 is 0. The van der Waals surface area contributed by atoms with Crippen LogP contribution in [0.4, 0.5) is 0 Å². The van der Waals surface area contributed by atoms with Crippen LogP contribution in [0.2, 0.25) is 0 Å². The Balaban J connectivity index is 2.34. The summed E-state index contributed by atoms with van der Waals surface area (Å²) in [4.78, 5) is 12.2. The van der Waals surface area contributed by atoms with Crippen molar-refractivity contribution < 1.29 is 4.79 Å². The number of carbonyl (C=O) groups is 1. The number of carbonyl (C=O) groups excluding carboxylic acids is 1. The van der Waals surface area contributed by atoms with Crippen LogP contribution >= 0.6 is 0 Å². The number of hydrogen-bond acceptors (Lipinski definition) is 1. The molecule has 1 heteroatoms. The molecule has 0 aromatic heterocycles. The third-order valence-electron chi connectivity index (χ3n) is 3.31. The van der Waals surface area contributed by atoms with Crippen molar-refractivity contribution in [3.63, 3.8) is 0 Å². The van der Waals surface area contributed by atoms with Gasteiger partial charge in [-0.2, -0.15) is 0 Å². The minimum absolute atomic E-state index is 0.0935. The van der Waals surface area contributed by atoms with Crippen LogP contribution in [-0.2, 0) is 0 Å². The predicted molar refractivity (Wildman–Crippen MR) is 75.7 cm³/mol. The molecule has 92 valence electrons. The van der Waals surface area contributed by atoms with Gasteiger partial charge in [0.2, 0.25) is 0 Å². The van der Waals surface area contributed by atoms with Gasteiger partial charge in [-0.05, 0) is 23.6 Å². The number of hydrogen-bond donors (Lipinski definition) is 0. The van der Waals surface area contributed by atoms with Crippen molar-refractivity contribution >= 4 is 5.78 Å². The Morgan fingerprint density at radius 3 is 2.33 bits per heavy atom. The molecule has 2 aromatic carbocycles. The lowest BCUT2D eigenvalue weighted by Crippen LogP contribution is -2.09. The summed E-state index contributed by atoms with van der Waals surface area (Å²) in [5, 5.41) is 0. The molecule has 18 heavy (non-hydrogen) atoms.